The van der Waals surface area contributed by atoms with Gasteiger partial charge in [-0.25, -0.2) is 5.43 Å². The Kier molecular flexibility index (Phi) is 11.2. The van der Waals surface area contributed by atoms with Gasteiger partial charge in [0.25, 0.3) is 11.8 Å². The molecule has 9 heteroatoms. The van der Waals surface area contributed by atoms with Crippen molar-refractivity contribution in [2.75, 3.05) is 13.7 Å². The van der Waals surface area contributed by atoms with Gasteiger partial charge in [0, 0.05) is 5.02 Å². The smallest absolute Gasteiger partial charge is 0.262 e. The van der Waals surface area contributed by atoms with Gasteiger partial charge in [-0.1, -0.05) is 55.3 Å². The number of hydrogen-bond donors (Lipinski definition) is 2. The first kappa shape index (κ1) is 29.5. The van der Waals surface area contributed by atoms with Gasteiger partial charge in [0.2, 0.25) is 0 Å². The maximum atomic E-state index is 12.8. The first-order chi connectivity index (χ1) is 18.7. The van der Waals surface area contributed by atoms with Crippen molar-refractivity contribution < 1.29 is 23.8 Å². The minimum Gasteiger partial charge on any atom is -0.493 e. The Morgan fingerprint density at radius 3 is 2.46 bits per heavy atom. The first-order valence-electron chi connectivity index (χ1n) is 12.6. The van der Waals surface area contributed by atoms with E-state index in [1.54, 1.807) is 43.5 Å². The van der Waals surface area contributed by atoms with Crippen LogP contribution in [0.15, 0.2) is 71.8 Å². The van der Waals surface area contributed by atoms with E-state index in [2.05, 4.69) is 21.9 Å². The molecule has 0 fully saturated rings. The molecule has 0 radical (unpaired) electrons. The van der Waals surface area contributed by atoms with Crippen molar-refractivity contribution in [1.29, 1.82) is 0 Å². The fourth-order valence-corrected chi connectivity index (χ4v) is 3.84. The maximum Gasteiger partial charge on any atom is 0.262 e. The molecule has 39 heavy (non-hydrogen) atoms. The largest absolute Gasteiger partial charge is 0.493 e. The summed E-state index contributed by atoms with van der Waals surface area (Å²) in [7, 11) is 1.56. The topological polar surface area (TPSA) is 98.2 Å². The van der Waals surface area contributed by atoms with Crippen LogP contribution in [-0.2, 0) is 16.2 Å². The third-order valence-electron chi connectivity index (χ3n) is 5.60. The molecule has 3 aromatic carbocycles. The first-order valence-corrected chi connectivity index (χ1v) is 13.0. The highest BCUT2D eigenvalue weighted by molar-refractivity contribution is 6.30. The van der Waals surface area contributed by atoms with Crippen LogP contribution in [0.3, 0.4) is 0 Å². The number of aryl methyl sites for hydroxylation is 1. The van der Waals surface area contributed by atoms with Gasteiger partial charge in [-0.2, -0.15) is 5.10 Å². The second-order valence-electron chi connectivity index (χ2n) is 9.41. The number of benzene rings is 3. The molecule has 2 amide bonds. The van der Waals surface area contributed by atoms with Gasteiger partial charge in [-0.15, -0.1) is 0 Å². The molecule has 0 unspecified atom stereocenters. The lowest BCUT2D eigenvalue weighted by molar-refractivity contribution is -0.130. The summed E-state index contributed by atoms with van der Waals surface area (Å²) < 4.78 is 16.9. The van der Waals surface area contributed by atoms with Crippen LogP contribution >= 0.6 is 11.6 Å². The highest BCUT2D eigenvalue weighted by Gasteiger charge is 2.22. The van der Waals surface area contributed by atoms with Crippen molar-refractivity contribution >= 4 is 29.6 Å². The van der Waals surface area contributed by atoms with Crippen LogP contribution in [-0.4, -0.2) is 37.8 Å². The summed E-state index contributed by atoms with van der Waals surface area (Å²) in [5, 5.41) is 7.37. The van der Waals surface area contributed by atoms with E-state index in [-0.39, 0.29) is 12.5 Å². The summed E-state index contributed by atoms with van der Waals surface area (Å²) in [4.78, 5) is 25.2. The zero-order chi connectivity index (χ0) is 28.2. The summed E-state index contributed by atoms with van der Waals surface area (Å²) in [6.07, 6.45) is 1.94. The second-order valence-corrected chi connectivity index (χ2v) is 9.85. The minimum absolute atomic E-state index is 0.166. The van der Waals surface area contributed by atoms with Crippen LogP contribution in [0.5, 0.6) is 17.2 Å². The zero-order valence-electron chi connectivity index (χ0n) is 22.6. The lowest BCUT2D eigenvalue weighted by atomic mass is 10.0. The SMILES string of the molecule is COc1cc(/C=N\NC(=O)[C@H](CC(C)C)NC(=O)COc2ccc(Cl)cc2)ccc1OCc1cccc(C)c1. The molecule has 1 atom stereocenters. The van der Waals surface area contributed by atoms with Crippen LogP contribution < -0.4 is 25.0 Å². The van der Waals surface area contributed by atoms with Crippen molar-refractivity contribution in [2.45, 2.75) is 39.8 Å². The van der Waals surface area contributed by atoms with Crippen LogP contribution in [0.1, 0.15) is 37.0 Å². The number of ether oxygens (including phenoxy) is 3. The Bertz CT molecular complexity index is 1280. The third-order valence-corrected chi connectivity index (χ3v) is 5.85. The van der Waals surface area contributed by atoms with E-state index in [0.717, 1.165) is 11.1 Å². The minimum atomic E-state index is -0.768. The fraction of sp³-hybridized carbons (Fsp3) is 0.300. The maximum absolute atomic E-state index is 12.8. The molecule has 0 aliphatic heterocycles. The molecule has 0 saturated carbocycles. The predicted octanol–water partition coefficient (Wildman–Crippen LogP) is 5.30. The molecular formula is C30H34ClN3O5. The Morgan fingerprint density at radius 1 is 1.00 bits per heavy atom. The molecule has 0 saturated heterocycles. The molecular weight excluding hydrogens is 518 g/mol. The Labute approximate surface area is 234 Å². The molecule has 0 bridgehead atoms. The monoisotopic (exact) mass is 551 g/mol. The highest BCUT2D eigenvalue weighted by Crippen LogP contribution is 2.28. The Hall–Kier alpha value is -4.04. The standard InChI is InChI=1S/C30H34ClN3O5/c1-20(2)14-26(33-29(35)19-38-25-11-9-24(31)10-12-25)30(36)34-32-17-22-8-13-27(28(16-22)37-4)39-18-23-7-5-6-21(3)15-23/h5-13,15-17,20,26H,14,18-19H2,1-4H3,(H,33,35)(H,34,36)/b32-17-/t26-/m0/s1. The number of methoxy groups -OCH3 is 1. The van der Waals surface area contributed by atoms with Crippen molar-refractivity contribution in [1.82, 2.24) is 10.7 Å². The third kappa shape index (κ3) is 9.98. The zero-order valence-corrected chi connectivity index (χ0v) is 23.3. The van der Waals surface area contributed by atoms with Crippen LogP contribution in [0.2, 0.25) is 5.02 Å². The average Bonchev–Trinajstić information content (AvgIpc) is 2.91. The molecule has 3 aromatic rings. The Morgan fingerprint density at radius 2 is 1.77 bits per heavy atom. The summed E-state index contributed by atoms with van der Waals surface area (Å²) in [5.41, 5.74) is 5.44. The highest BCUT2D eigenvalue weighted by atomic mass is 35.5. The quantitative estimate of drug-likeness (QED) is 0.222. The van der Waals surface area contributed by atoms with Gasteiger partial charge in [0.05, 0.1) is 13.3 Å². The molecule has 206 valence electrons. The lowest BCUT2D eigenvalue weighted by Gasteiger charge is -2.19. The number of hydrogen-bond acceptors (Lipinski definition) is 6. The molecule has 3 rings (SSSR count). The van der Waals surface area contributed by atoms with Gasteiger partial charge in [-0.05, 0) is 72.9 Å². The molecule has 2 N–H and O–H groups in total. The number of carbonyl (C=O) groups is 2. The molecule has 0 aliphatic rings. The van der Waals surface area contributed by atoms with Crippen molar-refractivity contribution in [3.8, 4) is 17.2 Å². The van der Waals surface area contributed by atoms with E-state index in [4.69, 9.17) is 25.8 Å². The van der Waals surface area contributed by atoms with E-state index in [0.29, 0.717) is 40.9 Å². The average molecular weight is 552 g/mol. The summed E-state index contributed by atoms with van der Waals surface area (Å²) in [6, 6.07) is 19.4. The lowest BCUT2D eigenvalue weighted by Crippen LogP contribution is -2.47. The van der Waals surface area contributed by atoms with Crippen LogP contribution in [0.25, 0.3) is 0 Å². The number of nitrogens with zero attached hydrogens (tertiary/aromatic N) is 1. The molecule has 0 spiro atoms. The number of carbonyl (C=O) groups excluding carboxylic acids is 2. The summed E-state index contributed by atoms with van der Waals surface area (Å²) in [6.45, 7) is 6.15. The number of amides is 2. The molecule has 0 aliphatic carbocycles. The van der Waals surface area contributed by atoms with Gasteiger partial charge in [-0.3, -0.25) is 9.59 Å². The second kappa shape index (κ2) is 14.8. The van der Waals surface area contributed by atoms with Crippen molar-refractivity contribution in [3.63, 3.8) is 0 Å². The van der Waals surface area contributed by atoms with E-state index in [9.17, 15) is 9.59 Å². The van der Waals surface area contributed by atoms with Gasteiger partial charge >= 0.3 is 0 Å². The van der Waals surface area contributed by atoms with E-state index >= 15 is 0 Å². The number of hydrazone groups is 1. The Balaban J connectivity index is 1.55. The molecule has 0 aromatic heterocycles. The van der Waals surface area contributed by atoms with E-state index < -0.39 is 17.9 Å². The summed E-state index contributed by atoms with van der Waals surface area (Å²) in [5.74, 6) is 0.972. The number of halogens is 1. The van der Waals surface area contributed by atoms with Crippen molar-refractivity contribution in [2.24, 2.45) is 11.0 Å². The van der Waals surface area contributed by atoms with E-state index in [1.165, 1.54) is 6.21 Å². The van der Waals surface area contributed by atoms with Gasteiger partial charge in [0.15, 0.2) is 18.1 Å². The molecule has 0 heterocycles. The van der Waals surface area contributed by atoms with E-state index in [1.807, 2.05) is 45.0 Å². The normalized spacial score (nSPS) is 11.7. The summed E-state index contributed by atoms with van der Waals surface area (Å²) >= 11 is 5.86. The van der Waals surface area contributed by atoms with Crippen LogP contribution in [0.4, 0.5) is 0 Å². The fourth-order valence-electron chi connectivity index (χ4n) is 3.71. The molecule has 8 nitrogen and oxygen atoms in total. The number of rotatable bonds is 13. The van der Waals surface area contributed by atoms with Gasteiger partial charge in [0.1, 0.15) is 18.4 Å². The van der Waals surface area contributed by atoms with Crippen LogP contribution in [0, 0.1) is 12.8 Å². The number of nitrogens with one attached hydrogen (secondary N) is 2. The van der Waals surface area contributed by atoms with Crippen molar-refractivity contribution in [3.05, 3.63) is 88.4 Å². The predicted molar refractivity (Wildman–Crippen MR) is 153 cm³/mol. The van der Waals surface area contributed by atoms with Gasteiger partial charge < -0.3 is 19.5 Å².